The lowest BCUT2D eigenvalue weighted by molar-refractivity contribution is 0.0989. The zero-order valence-electron chi connectivity index (χ0n) is 18.0. The summed E-state index contributed by atoms with van der Waals surface area (Å²) in [6.45, 7) is 3.25. The van der Waals surface area contributed by atoms with E-state index in [1.807, 2.05) is 31.2 Å². The van der Waals surface area contributed by atoms with Crippen LogP contribution in [0, 0.1) is 6.92 Å². The smallest absolute Gasteiger partial charge is 0.214 e. The third-order valence-electron chi connectivity index (χ3n) is 4.85. The number of nitrogens with zero attached hydrogens (tertiary/aromatic N) is 2. The molecule has 0 radical (unpaired) electrons. The van der Waals surface area contributed by atoms with E-state index in [0.717, 1.165) is 11.1 Å². The minimum Gasteiger partial charge on any atom is -0.382 e. The van der Waals surface area contributed by atoms with Crippen molar-refractivity contribution >= 4 is 28.8 Å². The van der Waals surface area contributed by atoms with Crippen LogP contribution < -0.4 is 5.73 Å². The molecule has 8 nitrogen and oxygen atoms in total. The van der Waals surface area contributed by atoms with Crippen molar-refractivity contribution in [2.75, 3.05) is 25.0 Å². The maximum atomic E-state index is 12.8. The predicted molar refractivity (Wildman–Crippen MR) is 124 cm³/mol. The number of aryl methyl sites for hydroxylation is 1. The van der Waals surface area contributed by atoms with Crippen molar-refractivity contribution < 1.29 is 22.3 Å². The van der Waals surface area contributed by atoms with Crippen molar-refractivity contribution in [3.05, 3.63) is 71.5 Å². The van der Waals surface area contributed by atoms with Crippen molar-refractivity contribution in [1.29, 1.82) is 0 Å². The molecular formula is C22H24N3O5PS. The van der Waals surface area contributed by atoms with E-state index in [-0.39, 0.29) is 28.6 Å². The van der Waals surface area contributed by atoms with E-state index in [4.69, 9.17) is 10.3 Å². The molecule has 0 aliphatic rings. The van der Waals surface area contributed by atoms with Crippen LogP contribution in [0.25, 0.3) is 11.3 Å². The topological polar surface area (TPSA) is 129 Å². The summed E-state index contributed by atoms with van der Waals surface area (Å²) in [4.78, 5) is 21.3. The standard InChI is InChI=1S/C22H24N3O5PS/c1-15-4-8-17(9-5-15)19-13-24-22(23)21(25-19)20(26)12-16-6-10-18(11-7-16)32(28,29)14-31(3,27)30-2/h4-11,13H,12,14H2,1-3H3,(H2,23,24). The van der Waals surface area contributed by atoms with Crippen LogP contribution in [0.5, 0.6) is 0 Å². The predicted octanol–water partition coefficient (Wildman–Crippen LogP) is 3.75. The first-order valence-electron chi connectivity index (χ1n) is 9.67. The number of nitrogens with two attached hydrogens (primary N) is 1. The summed E-state index contributed by atoms with van der Waals surface area (Å²) in [5, 5.41) is 0. The first kappa shape index (κ1) is 23.8. The second-order valence-electron chi connectivity index (χ2n) is 7.54. The normalized spacial score (nSPS) is 13.5. The fourth-order valence-corrected chi connectivity index (χ4v) is 7.03. The van der Waals surface area contributed by atoms with Gasteiger partial charge in [-0.25, -0.2) is 18.4 Å². The zero-order valence-corrected chi connectivity index (χ0v) is 19.7. The quantitative estimate of drug-likeness (QED) is 0.387. The van der Waals surface area contributed by atoms with Gasteiger partial charge in [0.05, 0.1) is 16.8 Å². The Balaban J connectivity index is 1.80. The summed E-state index contributed by atoms with van der Waals surface area (Å²) in [6, 6.07) is 13.5. The number of nitrogen functional groups attached to an aromatic ring is 1. The van der Waals surface area contributed by atoms with E-state index >= 15 is 0 Å². The molecule has 0 aliphatic carbocycles. The van der Waals surface area contributed by atoms with Crippen LogP contribution in [0.2, 0.25) is 0 Å². The average Bonchev–Trinajstić information content (AvgIpc) is 2.74. The van der Waals surface area contributed by atoms with Gasteiger partial charge in [0.1, 0.15) is 11.2 Å². The second kappa shape index (κ2) is 9.32. The lowest BCUT2D eigenvalue weighted by Gasteiger charge is -2.11. The molecule has 0 aliphatic heterocycles. The number of aromatic nitrogens is 2. The molecule has 32 heavy (non-hydrogen) atoms. The second-order valence-corrected chi connectivity index (χ2v) is 12.7. The zero-order chi connectivity index (χ0) is 23.5. The molecule has 0 saturated heterocycles. The molecule has 0 saturated carbocycles. The van der Waals surface area contributed by atoms with Gasteiger partial charge in [-0.2, -0.15) is 0 Å². The molecule has 168 valence electrons. The molecular weight excluding hydrogens is 449 g/mol. The molecule has 3 aromatic rings. The summed E-state index contributed by atoms with van der Waals surface area (Å²) in [7, 11) is -5.82. The Morgan fingerprint density at radius 1 is 1.09 bits per heavy atom. The molecule has 2 N–H and O–H groups in total. The lowest BCUT2D eigenvalue weighted by atomic mass is 10.1. The van der Waals surface area contributed by atoms with Gasteiger partial charge in [-0.1, -0.05) is 42.0 Å². The third kappa shape index (κ3) is 5.68. The summed E-state index contributed by atoms with van der Waals surface area (Å²) < 4.78 is 41.7. The fraction of sp³-hybridized carbons (Fsp3) is 0.227. The van der Waals surface area contributed by atoms with E-state index in [2.05, 4.69) is 9.97 Å². The van der Waals surface area contributed by atoms with Crippen LogP contribution >= 0.6 is 7.37 Å². The van der Waals surface area contributed by atoms with Crippen LogP contribution in [0.15, 0.2) is 59.6 Å². The van der Waals surface area contributed by atoms with Gasteiger partial charge in [0.25, 0.3) is 0 Å². The monoisotopic (exact) mass is 473 g/mol. The molecule has 1 atom stereocenters. The Morgan fingerprint density at radius 2 is 1.72 bits per heavy atom. The Kier molecular flexibility index (Phi) is 6.93. The lowest BCUT2D eigenvalue weighted by Crippen LogP contribution is -2.12. The van der Waals surface area contributed by atoms with E-state index in [1.54, 1.807) is 0 Å². The number of sulfone groups is 1. The van der Waals surface area contributed by atoms with Crippen molar-refractivity contribution in [2.24, 2.45) is 0 Å². The number of anilines is 1. The average molecular weight is 473 g/mol. The van der Waals surface area contributed by atoms with Gasteiger partial charge < -0.3 is 10.3 Å². The van der Waals surface area contributed by atoms with Gasteiger partial charge in [0.15, 0.2) is 21.4 Å². The van der Waals surface area contributed by atoms with Crippen molar-refractivity contribution in [3.63, 3.8) is 0 Å². The highest BCUT2D eigenvalue weighted by molar-refractivity contribution is 7.98. The molecule has 1 aromatic heterocycles. The number of hydrogen-bond acceptors (Lipinski definition) is 8. The third-order valence-corrected chi connectivity index (χ3v) is 9.85. The summed E-state index contributed by atoms with van der Waals surface area (Å²) >= 11 is 0. The number of carbonyl (C=O) groups is 1. The van der Waals surface area contributed by atoms with E-state index in [0.29, 0.717) is 11.3 Å². The Bertz CT molecular complexity index is 1290. The molecule has 10 heteroatoms. The molecule has 0 spiro atoms. The summed E-state index contributed by atoms with van der Waals surface area (Å²) in [5.74, 6) is -0.305. The highest BCUT2D eigenvalue weighted by atomic mass is 32.2. The minimum atomic E-state index is -3.79. The highest BCUT2D eigenvalue weighted by Crippen LogP contribution is 2.44. The molecule has 0 amide bonds. The SMILES string of the molecule is COP(C)(=O)CS(=O)(=O)c1ccc(CC(=O)c2nc(-c3ccc(C)cc3)cnc2N)cc1. The number of hydrogen-bond donors (Lipinski definition) is 1. The number of rotatable bonds is 8. The molecule has 0 bridgehead atoms. The number of benzene rings is 2. The summed E-state index contributed by atoms with van der Waals surface area (Å²) in [6.07, 6.45) is 1.49. The minimum absolute atomic E-state index is 0.00787. The Labute approximate surface area is 187 Å². The maximum Gasteiger partial charge on any atom is 0.214 e. The van der Waals surface area contributed by atoms with Crippen molar-refractivity contribution in [2.45, 2.75) is 18.2 Å². The maximum absolute atomic E-state index is 12.8. The van der Waals surface area contributed by atoms with Crippen LogP contribution in [0.1, 0.15) is 21.6 Å². The van der Waals surface area contributed by atoms with Gasteiger partial charge in [0.2, 0.25) is 7.37 Å². The van der Waals surface area contributed by atoms with Gasteiger partial charge in [-0.3, -0.25) is 9.36 Å². The van der Waals surface area contributed by atoms with Crippen molar-refractivity contribution in [3.8, 4) is 11.3 Å². The van der Waals surface area contributed by atoms with Crippen LogP contribution in [0.4, 0.5) is 5.82 Å². The highest BCUT2D eigenvalue weighted by Gasteiger charge is 2.26. The van der Waals surface area contributed by atoms with Gasteiger partial charge in [-0.05, 0) is 24.6 Å². The van der Waals surface area contributed by atoms with E-state index in [1.165, 1.54) is 44.2 Å². The number of ketones is 1. The largest absolute Gasteiger partial charge is 0.382 e. The Morgan fingerprint density at radius 3 is 2.31 bits per heavy atom. The summed E-state index contributed by atoms with van der Waals surface area (Å²) in [5.41, 5.74) is 8.39. The Hall–Kier alpha value is -2.87. The first-order chi connectivity index (χ1) is 15.0. The van der Waals surface area contributed by atoms with Crippen LogP contribution in [-0.2, 0) is 25.3 Å². The van der Waals surface area contributed by atoms with Crippen LogP contribution in [-0.4, -0.2) is 43.4 Å². The van der Waals surface area contributed by atoms with Gasteiger partial charge >= 0.3 is 0 Å². The van der Waals surface area contributed by atoms with E-state index in [9.17, 15) is 17.8 Å². The molecule has 3 rings (SSSR count). The van der Waals surface area contributed by atoms with E-state index < -0.39 is 22.7 Å². The fourth-order valence-electron chi connectivity index (χ4n) is 2.99. The molecule has 2 aromatic carbocycles. The van der Waals surface area contributed by atoms with Crippen LogP contribution in [0.3, 0.4) is 0 Å². The van der Waals surface area contributed by atoms with Gasteiger partial charge in [-0.15, -0.1) is 0 Å². The molecule has 1 unspecified atom stereocenters. The van der Waals surface area contributed by atoms with Gasteiger partial charge in [0, 0.05) is 25.8 Å². The first-order valence-corrected chi connectivity index (χ1v) is 13.6. The molecule has 0 fully saturated rings. The molecule has 1 heterocycles. The number of Topliss-reactive ketones (excluding diaryl/α,β-unsaturated/α-hetero) is 1. The number of carbonyl (C=O) groups excluding carboxylic acids is 1. The van der Waals surface area contributed by atoms with Crippen molar-refractivity contribution in [1.82, 2.24) is 9.97 Å².